The summed E-state index contributed by atoms with van der Waals surface area (Å²) >= 11 is 15.2. The normalized spacial score (nSPS) is 11.2. The first-order valence-corrected chi connectivity index (χ1v) is 10.5. The Hall–Kier alpha value is -1.28. The van der Waals surface area contributed by atoms with Gasteiger partial charge in [-0.25, -0.2) is 8.42 Å². The van der Waals surface area contributed by atoms with Gasteiger partial charge in [0.15, 0.2) is 0 Å². The summed E-state index contributed by atoms with van der Waals surface area (Å²) in [5, 5.41) is 3.59. The van der Waals surface area contributed by atoms with Crippen LogP contribution >= 0.6 is 39.1 Å². The molecule has 134 valence electrons. The predicted molar refractivity (Wildman–Crippen MR) is 105 cm³/mol. The second-order valence-corrected chi connectivity index (χ2v) is 8.84. The second-order valence-electron chi connectivity index (χ2n) is 5.23. The molecule has 1 amide bonds. The maximum atomic E-state index is 12.2. The molecule has 0 unspecified atom stereocenters. The van der Waals surface area contributed by atoms with Gasteiger partial charge in [0.05, 0.1) is 11.9 Å². The molecule has 0 fully saturated rings. The highest BCUT2D eigenvalue weighted by atomic mass is 79.9. The van der Waals surface area contributed by atoms with E-state index in [1.165, 1.54) is 0 Å². The van der Waals surface area contributed by atoms with Gasteiger partial charge in [-0.3, -0.25) is 9.10 Å². The molecule has 0 spiro atoms. The van der Waals surface area contributed by atoms with Crippen LogP contribution in [0.5, 0.6) is 0 Å². The monoisotopic (exact) mass is 464 g/mol. The Morgan fingerprint density at radius 2 is 1.88 bits per heavy atom. The number of hydrogen-bond acceptors (Lipinski definition) is 3. The Labute approximate surface area is 165 Å². The van der Waals surface area contributed by atoms with Crippen LogP contribution in [0.2, 0.25) is 10.0 Å². The smallest absolute Gasteiger partial charge is 0.241 e. The van der Waals surface area contributed by atoms with Gasteiger partial charge in [0.2, 0.25) is 15.9 Å². The van der Waals surface area contributed by atoms with Gasteiger partial charge in [-0.05, 0) is 45.8 Å². The summed E-state index contributed by atoms with van der Waals surface area (Å²) in [5.41, 5.74) is 1.08. The first kappa shape index (κ1) is 20.0. The van der Waals surface area contributed by atoms with E-state index in [1.54, 1.807) is 42.5 Å². The third kappa shape index (κ3) is 5.60. The fourth-order valence-corrected chi connectivity index (χ4v) is 4.04. The average molecular weight is 466 g/mol. The standard InChI is InChI=1S/C16H15BrCl2N2O3S/c1-25(23,24)21(15-5-3-2-4-13(15)17)10-16(22)20-9-11-6-7-12(18)8-14(11)19/h2-8H,9-10H2,1H3,(H,20,22). The zero-order valence-electron chi connectivity index (χ0n) is 13.2. The number of sulfonamides is 1. The van der Waals surface area contributed by atoms with E-state index in [0.29, 0.717) is 25.8 Å². The van der Waals surface area contributed by atoms with Crippen molar-refractivity contribution in [1.82, 2.24) is 5.32 Å². The highest BCUT2D eigenvalue weighted by Gasteiger charge is 2.22. The minimum absolute atomic E-state index is 0.169. The summed E-state index contributed by atoms with van der Waals surface area (Å²) in [6, 6.07) is 11.7. The van der Waals surface area contributed by atoms with Crippen molar-refractivity contribution in [3.05, 3.63) is 62.5 Å². The second kappa shape index (κ2) is 8.40. The summed E-state index contributed by atoms with van der Waals surface area (Å²) in [6.45, 7) is -0.172. The van der Waals surface area contributed by atoms with Crippen molar-refractivity contribution in [2.75, 3.05) is 17.1 Å². The largest absolute Gasteiger partial charge is 0.350 e. The van der Waals surface area contributed by atoms with Crippen LogP contribution in [-0.2, 0) is 21.4 Å². The Morgan fingerprint density at radius 1 is 1.20 bits per heavy atom. The van der Waals surface area contributed by atoms with E-state index in [4.69, 9.17) is 23.2 Å². The number of para-hydroxylation sites is 1. The minimum Gasteiger partial charge on any atom is -0.350 e. The summed E-state index contributed by atoms with van der Waals surface area (Å²) in [4.78, 5) is 12.2. The zero-order chi connectivity index (χ0) is 18.6. The molecular formula is C16H15BrCl2N2O3S. The molecule has 0 aliphatic rings. The van der Waals surface area contributed by atoms with Gasteiger partial charge in [-0.2, -0.15) is 0 Å². The van der Waals surface area contributed by atoms with E-state index in [0.717, 1.165) is 10.6 Å². The van der Waals surface area contributed by atoms with E-state index in [9.17, 15) is 13.2 Å². The molecule has 0 aromatic heterocycles. The lowest BCUT2D eigenvalue weighted by atomic mass is 10.2. The topological polar surface area (TPSA) is 66.5 Å². The predicted octanol–water partition coefficient (Wildman–Crippen LogP) is 3.84. The third-order valence-electron chi connectivity index (χ3n) is 3.30. The molecule has 2 aromatic rings. The summed E-state index contributed by atoms with van der Waals surface area (Å²) in [7, 11) is -3.63. The lowest BCUT2D eigenvalue weighted by Crippen LogP contribution is -2.40. The van der Waals surface area contributed by atoms with Crippen LogP contribution in [0.1, 0.15) is 5.56 Å². The number of nitrogens with one attached hydrogen (secondary N) is 1. The molecule has 0 saturated carbocycles. The first-order valence-electron chi connectivity index (χ1n) is 7.11. The molecule has 0 aliphatic carbocycles. The molecule has 2 aromatic carbocycles. The Bertz CT molecular complexity index is 891. The molecule has 0 radical (unpaired) electrons. The van der Waals surface area contributed by atoms with Gasteiger partial charge in [0.25, 0.3) is 0 Å². The highest BCUT2D eigenvalue weighted by Crippen LogP contribution is 2.27. The SMILES string of the molecule is CS(=O)(=O)N(CC(=O)NCc1ccc(Cl)cc1Cl)c1ccccc1Br. The van der Waals surface area contributed by atoms with Gasteiger partial charge >= 0.3 is 0 Å². The maximum absolute atomic E-state index is 12.2. The van der Waals surface area contributed by atoms with Crippen molar-refractivity contribution < 1.29 is 13.2 Å². The summed E-state index contributed by atoms with van der Waals surface area (Å²) in [5.74, 6) is -0.452. The van der Waals surface area contributed by atoms with E-state index in [2.05, 4.69) is 21.2 Å². The van der Waals surface area contributed by atoms with Crippen LogP contribution in [0.15, 0.2) is 46.9 Å². The average Bonchev–Trinajstić information content (AvgIpc) is 2.51. The first-order chi connectivity index (χ1) is 11.7. The van der Waals surface area contributed by atoms with Crippen molar-refractivity contribution in [1.29, 1.82) is 0 Å². The maximum Gasteiger partial charge on any atom is 0.241 e. The van der Waals surface area contributed by atoms with Gasteiger partial charge in [-0.1, -0.05) is 41.4 Å². The van der Waals surface area contributed by atoms with Crippen molar-refractivity contribution in [2.45, 2.75) is 6.54 Å². The Kier molecular flexibility index (Phi) is 6.73. The van der Waals surface area contributed by atoms with Gasteiger partial charge < -0.3 is 5.32 Å². The highest BCUT2D eigenvalue weighted by molar-refractivity contribution is 9.10. The van der Waals surface area contributed by atoms with Crippen LogP contribution in [-0.4, -0.2) is 27.1 Å². The van der Waals surface area contributed by atoms with E-state index < -0.39 is 15.9 Å². The number of carbonyl (C=O) groups is 1. The van der Waals surface area contributed by atoms with Crippen LogP contribution in [0.3, 0.4) is 0 Å². The Balaban J connectivity index is 2.11. The zero-order valence-corrected chi connectivity index (χ0v) is 17.1. The fraction of sp³-hybridized carbons (Fsp3) is 0.188. The molecule has 0 bridgehead atoms. The summed E-state index contributed by atoms with van der Waals surface area (Å²) < 4.78 is 25.8. The minimum atomic E-state index is -3.63. The van der Waals surface area contributed by atoms with Crippen molar-refractivity contribution >= 4 is 60.7 Å². The third-order valence-corrected chi connectivity index (χ3v) is 5.68. The number of carbonyl (C=O) groups excluding carboxylic acids is 1. The number of nitrogens with zero attached hydrogens (tertiary/aromatic N) is 1. The number of benzene rings is 2. The van der Waals surface area contributed by atoms with E-state index in [-0.39, 0.29) is 13.1 Å². The number of amides is 1. The molecule has 0 aliphatic heterocycles. The molecule has 1 N–H and O–H groups in total. The van der Waals surface area contributed by atoms with Crippen LogP contribution in [0, 0.1) is 0 Å². The molecule has 0 saturated heterocycles. The number of rotatable bonds is 6. The summed E-state index contributed by atoms with van der Waals surface area (Å²) in [6.07, 6.45) is 1.05. The van der Waals surface area contributed by atoms with Crippen LogP contribution in [0.25, 0.3) is 0 Å². The molecular weight excluding hydrogens is 451 g/mol. The molecule has 2 rings (SSSR count). The lowest BCUT2D eigenvalue weighted by Gasteiger charge is -2.23. The van der Waals surface area contributed by atoms with E-state index >= 15 is 0 Å². The van der Waals surface area contributed by atoms with Crippen LogP contribution < -0.4 is 9.62 Å². The number of anilines is 1. The molecule has 9 heteroatoms. The lowest BCUT2D eigenvalue weighted by molar-refractivity contribution is -0.119. The van der Waals surface area contributed by atoms with Gasteiger partial charge in [0.1, 0.15) is 6.54 Å². The van der Waals surface area contributed by atoms with Gasteiger partial charge in [0, 0.05) is 21.1 Å². The van der Waals surface area contributed by atoms with Gasteiger partial charge in [-0.15, -0.1) is 0 Å². The fourth-order valence-electron chi connectivity index (χ4n) is 2.08. The van der Waals surface area contributed by atoms with Crippen molar-refractivity contribution in [3.8, 4) is 0 Å². The molecule has 25 heavy (non-hydrogen) atoms. The number of hydrogen-bond donors (Lipinski definition) is 1. The Morgan fingerprint density at radius 3 is 2.48 bits per heavy atom. The quantitative estimate of drug-likeness (QED) is 0.704. The van der Waals surface area contributed by atoms with Crippen molar-refractivity contribution in [2.24, 2.45) is 0 Å². The van der Waals surface area contributed by atoms with Crippen LogP contribution in [0.4, 0.5) is 5.69 Å². The molecule has 5 nitrogen and oxygen atoms in total. The molecule has 0 atom stereocenters. The molecule has 0 heterocycles. The number of halogens is 3. The van der Waals surface area contributed by atoms with E-state index in [1.807, 2.05) is 0 Å². The van der Waals surface area contributed by atoms with Crippen molar-refractivity contribution in [3.63, 3.8) is 0 Å².